The van der Waals surface area contributed by atoms with Crippen LogP contribution in [0, 0.1) is 6.92 Å². The maximum atomic E-state index is 13.7. The number of fused-ring (bicyclic) bond motifs is 4. The maximum Gasteiger partial charge on any atom is 0.398 e. The molecule has 4 aromatic rings. The SMILES string of the molecule is C=C(/C=C/C1=C(SCC(F)(F)F)C(=C/C=C2/N(CC)c3ccc4ccccc4c3C2(C)C)/CCC1)C(C)(C)c1c(C)ccc2ccccc12. The summed E-state index contributed by atoms with van der Waals surface area (Å²) in [6, 6.07) is 25.6. The summed E-state index contributed by atoms with van der Waals surface area (Å²) in [4.78, 5) is 3.10. The van der Waals surface area contributed by atoms with E-state index in [0.717, 1.165) is 64.9 Å². The first-order valence-corrected chi connectivity index (χ1v) is 18.2. The minimum Gasteiger partial charge on any atom is -0.344 e. The molecule has 0 amide bonds. The summed E-state index contributed by atoms with van der Waals surface area (Å²) < 4.78 is 41.1. The van der Waals surface area contributed by atoms with E-state index in [-0.39, 0.29) is 10.8 Å². The van der Waals surface area contributed by atoms with Crippen LogP contribution in [0.2, 0.25) is 0 Å². The molecule has 1 aliphatic carbocycles. The predicted molar refractivity (Wildman–Crippen MR) is 206 cm³/mol. The van der Waals surface area contributed by atoms with Gasteiger partial charge in [-0.05, 0) is 100 Å². The Bertz CT molecular complexity index is 2050. The van der Waals surface area contributed by atoms with Crippen LogP contribution >= 0.6 is 11.8 Å². The van der Waals surface area contributed by atoms with Gasteiger partial charge in [0.15, 0.2) is 0 Å². The fourth-order valence-corrected chi connectivity index (χ4v) is 8.91. The number of aryl methyl sites for hydroxylation is 1. The number of thioether (sulfide) groups is 1. The maximum absolute atomic E-state index is 13.7. The molecule has 0 atom stereocenters. The van der Waals surface area contributed by atoms with Gasteiger partial charge >= 0.3 is 6.18 Å². The van der Waals surface area contributed by atoms with Gasteiger partial charge in [0.1, 0.15) is 0 Å². The van der Waals surface area contributed by atoms with E-state index in [0.29, 0.717) is 0 Å². The Balaban J connectivity index is 1.39. The van der Waals surface area contributed by atoms with Crippen molar-refractivity contribution in [3.05, 3.63) is 148 Å². The average Bonchev–Trinajstić information content (AvgIpc) is 3.29. The van der Waals surface area contributed by atoms with E-state index >= 15 is 0 Å². The van der Waals surface area contributed by atoms with Gasteiger partial charge in [-0.25, -0.2) is 0 Å². The molecule has 0 fully saturated rings. The monoisotopic (exact) mass is 677 g/mol. The van der Waals surface area contributed by atoms with E-state index in [4.69, 9.17) is 0 Å². The molecule has 0 bridgehead atoms. The number of anilines is 1. The van der Waals surface area contributed by atoms with Crippen LogP contribution in [0.25, 0.3) is 21.5 Å². The zero-order valence-corrected chi connectivity index (χ0v) is 30.3. The van der Waals surface area contributed by atoms with Crippen molar-refractivity contribution in [3.8, 4) is 0 Å². The topological polar surface area (TPSA) is 3.24 Å². The summed E-state index contributed by atoms with van der Waals surface area (Å²) in [6.07, 6.45) is 6.42. The molecule has 0 aromatic heterocycles. The molecule has 1 heterocycles. The fraction of sp³-hybridized carbons (Fsp3) is 0.318. The van der Waals surface area contributed by atoms with Crippen molar-refractivity contribution >= 4 is 39.0 Å². The predicted octanol–water partition coefficient (Wildman–Crippen LogP) is 13.1. The molecule has 0 radical (unpaired) electrons. The third-order valence-electron chi connectivity index (χ3n) is 10.4. The summed E-state index contributed by atoms with van der Waals surface area (Å²) in [7, 11) is 0. The summed E-state index contributed by atoms with van der Waals surface area (Å²) in [6.45, 7) is 18.5. The molecule has 0 spiro atoms. The second-order valence-corrected chi connectivity index (χ2v) is 15.4. The smallest absolute Gasteiger partial charge is 0.344 e. The van der Waals surface area contributed by atoms with Crippen molar-refractivity contribution in [2.75, 3.05) is 17.2 Å². The Kier molecular flexibility index (Phi) is 9.54. The second kappa shape index (κ2) is 13.4. The van der Waals surface area contributed by atoms with Gasteiger partial charge in [-0.2, -0.15) is 13.2 Å². The first-order chi connectivity index (χ1) is 23.2. The van der Waals surface area contributed by atoms with Crippen LogP contribution in [-0.4, -0.2) is 18.5 Å². The van der Waals surface area contributed by atoms with Crippen molar-refractivity contribution in [2.45, 2.75) is 77.8 Å². The molecule has 0 saturated heterocycles. The zero-order chi connectivity index (χ0) is 35.1. The van der Waals surface area contributed by atoms with Crippen molar-refractivity contribution in [1.82, 2.24) is 0 Å². The number of halogens is 3. The van der Waals surface area contributed by atoms with Crippen molar-refractivity contribution in [3.63, 3.8) is 0 Å². The van der Waals surface area contributed by atoms with Crippen LogP contribution in [0.5, 0.6) is 0 Å². The second-order valence-electron chi connectivity index (χ2n) is 14.4. The van der Waals surface area contributed by atoms with Gasteiger partial charge in [0.25, 0.3) is 0 Å². The first kappa shape index (κ1) is 34.9. The van der Waals surface area contributed by atoms with Gasteiger partial charge < -0.3 is 4.90 Å². The Morgan fingerprint density at radius 1 is 0.898 bits per heavy atom. The van der Waals surface area contributed by atoms with Crippen molar-refractivity contribution in [1.29, 1.82) is 0 Å². The van der Waals surface area contributed by atoms with Gasteiger partial charge in [0, 0.05) is 33.7 Å². The lowest BCUT2D eigenvalue weighted by atomic mass is 9.74. The van der Waals surface area contributed by atoms with Gasteiger partial charge in [-0.3, -0.25) is 0 Å². The Morgan fingerprint density at radius 3 is 2.24 bits per heavy atom. The first-order valence-electron chi connectivity index (χ1n) is 17.2. The summed E-state index contributed by atoms with van der Waals surface area (Å²) >= 11 is 0.921. The summed E-state index contributed by atoms with van der Waals surface area (Å²) in [5.74, 6) is -0.917. The molecule has 254 valence electrons. The molecule has 0 N–H and O–H groups in total. The molecule has 49 heavy (non-hydrogen) atoms. The van der Waals surface area contributed by atoms with Crippen LogP contribution in [0.1, 0.15) is 70.6 Å². The van der Waals surface area contributed by atoms with E-state index in [9.17, 15) is 13.2 Å². The average molecular weight is 678 g/mol. The Labute approximate surface area is 294 Å². The van der Waals surface area contributed by atoms with Crippen LogP contribution in [0.3, 0.4) is 0 Å². The van der Waals surface area contributed by atoms with E-state index in [1.165, 1.54) is 43.9 Å². The van der Waals surface area contributed by atoms with Crippen LogP contribution in [0.15, 0.2) is 131 Å². The number of hydrogen-bond acceptors (Lipinski definition) is 2. The number of rotatable bonds is 8. The van der Waals surface area contributed by atoms with Crippen LogP contribution < -0.4 is 4.90 Å². The number of allylic oxidation sites excluding steroid dienone is 8. The lowest BCUT2D eigenvalue weighted by Crippen LogP contribution is -2.25. The highest BCUT2D eigenvalue weighted by Gasteiger charge is 2.40. The highest BCUT2D eigenvalue weighted by Crippen LogP contribution is 2.51. The molecular weight excluding hydrogens is 632 g/mol. The minimum absolute atomic E-state index is 0.271. The van der Waals surface area contributed by atoms with Gasteiger partial charge in [0.2, 0.25) is 0 Å². The third kappa shape index (κ3) is 6.67. The standard InChI is InChI=1S/C44H46F3NS/c1-8-48-37-26-24-32-15-10-12-19-36(32)40(37)43(6,7)38(48)27-25-34-17-13-16-33(41(34)49-28-44(45,46)47)23-21-30(3)42(4,5)39-29(2)20-22-31-14-9-11-18-35(31)39/h9-12,14-15,18-27H,3,8,13,16-17,28H2,1-2,4-7H3/b23-21+,34-25+,38-27+. The molecule has 5 heteroatoms. The molecule has 4 aromatic carbocycles. The largest absolute Gasteiger partial charge is 0.398 e. The van der Waals surface area contributed by atoms with Crippen molar-refractivity contribution < 1.29 is 13.2 Å². The van der Waals surface area contributed by atoms with Crippen molar-refractivity contribution in [2.24, 2.45) is 0 Å². The Hall–Kier alpha value is -3.96. The quantitative estimate of drug-likeness (QED) is 0.171. The summed E-state index contributed by atoms with van der Waals surface area (Å²) in [5.41, 5.74) is 8.28. The van der Waals surface area contributed by atoms with Gasteiger partial charge in [-0.15, -0.1) is 11.8 Å². The van der Waals surface area contributed by atoms with E-state index in [2.05, 4.69) is 132 Å². The van der Waals surface area contributed by atoms with E-state index in [1.54, 1.807) is 0 Å². The molecular formula is C44H46F3NS. The molecule has 0 saturated carbocycles. The van der Waals surface area contributed by atoms with Gasteiger partial charge in [-0.1, -0.05) is 119 Å². The minimum atomic E-state index is -4.26. The molecule has 0 unspecified atom stereocenters. The highest BCUT2D eigenvalue weighted by molar-refractivity contribution is 8.03. The van der Waals surface area contributed by atoms with E-state index in [1.807, 2.05) is 18.2 Å². The molecule has 2 aliphatic rings. The molecule has 1 aliphatic heterocycles. The number of hydrogen-bond donors (Lipinski definition) is 0. The lowest BCUT2D eigenvalue weighted by molar-refractivity contribution is -0.105. The highest BCUT2D eigenvalue weighted by atomic mass is 32.2. The fourth-order valence-electron chi connectivity index (χ4n) is 7.90. The third-order valence-corrected chi connectivity index (χ3v) is 11.7. The van der Waals surface area contributed by atoms with Crippen LogP contribution in [-0.2, 0) is 10.8 Å². The number of alkyl halides is 3. The molecule has 6 rings (SSSR count). The number of nitrogens with zero attached hydrogens (tertiary/aromatic N) is 1. The zero-order valence-electron chi connectivity index (χ0n) is 29.5. The Morgan fingerprint density at radius 2 is 1.55 bits per heavy atom. The summed E-state index contributed by atoms with van der Waals surface area (Å²) in [5, 5.41) is 4.83. The number of likely N-dealkylation sites (N-methyl/N-ethyl adjacent to an activating group) is 1. The normalized spacial score (nSPS) is 18.4. The lowest BCUT2D eigenvalue weighted by Gasteiger charge is -2.30. The number of benzene rings is 4. The molecule has 1 nitrogen and oxygen atoms in total. The van der Waals surface area contributed by atoms with E-state index < -0.39 is 11.9 Å². The van der Waals surface area contributed by atoms with Crippen LogP contribution in [0.4, 0.5) is 18.9 Å². The van der Waals surface area contributed by atoms with Gasteiger partial charge in [0.05, 0.1) is 5.75 Å².